The molecular formula is C12H20O6. The van der Waals surface area contributed by atoms with Crippen molar-refractivity contribution in [3.05, 3.63) is 12.2 Å². The number of esters is 2. The number of methoxy groups -OCH3 is 2. The van der Waals surface area contributed by atoms with Gasteiger partial charge in [-0.25, -0.2) is 9.59 Å². The Bertz CT molecular complexity index is 258. The van der Waals surface area contributed by atoms with Gasteiger partial charge in [-0.05, 0) is 13.8 Å². The Morgan fingerprint density at radius 2 is 1.22 bits per heavy atom. The van der Waals surface area contributed by atoms with Crippen LogP contribution in [0.2, 0.25) is 0 Å². The summed E-state index contributed by atoms with van der Waals surface area (Å²) in [6, 6.07) is 0. The molecule has 0 N–H and O–H groups in total. The minimum Gasteiger partial charge on any atom is -0.457 e. The van der Waals surface area contributed by atoms with Gasteiger partial charge < -0.3 is 18.9 Å². The van der Waals surface area contributed by atoms with E-state index in [1.165, 1.54) is 14.2 Å². The average Bonchev–Trinajstić information content (AvgIpc) is 2.27. The summed E-state index contributed by atoms with van der Waals surface area (Å²) in [4.78, 5) is 22.5. The maximum atomic E-state index is 11.2. The van der Waals surface area contributed by atoms with Crippen molar-refractivity contribution < 1.29 is 28.5 Å². The molecule has 0 saturated heterocycles. The quantitative estimate of drug-likeness (QED) is 0.472. The zero-order valence-electron chi connectivity index (χ0n) is 11.2. The number of carbonyl (C=O) groups is 2. The molecular weight excluding hydrogens is 240 g/mol. The Morgan fingerprint density at radius 1 is 0.889 bits per heavy atom. The molecule has 6 nitrogen and oxygen atoms in total. The predicted octanol–water partition coefficient (Wildman–Crippen LogP) is 0.699. The van der Waals surface area contributed by atoms with Gasteiger partial charge in [0, 0.05) is 26.4 Å². The van der Waals surface area contributed by atoms with E-state index in [1.807, 2.05) is 0 Å². The van der Waals surface area contributed by atoms with Crippen LogP contribution in [0.5, 0.6) is 0 Å². The lowest BCUT2D eigenvalue weighted by molar-refractivity contribution is -0.147. The first-order chi connectivity index (χ1) is 8.49. The Labute approximate surface area is 107 Å². The molecule has 0 heterocycles. The summed E-state index contributed by atoms with van der Waals surface area (Å²) in [5.74, 6) is -1.23. The molecule has 18 heavy (non-hydrogen) atoms. The summed E-state index contributed by atoms with van der Waals surface area (Å²) in [7, 11) is 3.02. The van der Waals surface area contributed by atoms with E-state index in [4.69, 9.17) is 18.9 Å². The van der Waals surface area contributed by atoms with Crippen LogP contribution in [-0.2, 0) is 28.5 Å². The second-order valence-corrected chi connectivity index (χ2v) is 3.74. The third-order valence-electron chi connectivity index (χ3n) is 1.79. The topological polar surface area (TPSA) is 71.1 Å². The first kappa shape index (κ1) is 16.6. The summed E-state index contributed by atoms with van der Waals surface area (Å²) in [6.45, 7) is 3.98. The Morgan fingerprint density at radius 3 is 1.50 bits per heavy atom. The molecule has 0 bridgehead atoms. The highest BCUT2D eigenvalue weighted by Gasteiger charge is 2.09. The molecule has 0 aromatic heterocycles. The molecule has 0 rings (SSSR count). The van der Waals surface area contributed by atoms with Crippen molar-refractivity contribution in [1.29, 1.82) is 0 Å². The van der Waals surface area contributed by atoms with E-state index in [1.54, 1.807) is 13.8 Å². The molecule has 0 spiro atoms. The largest absolute Gasteiger partial charge is 0.457 e. The van der Waals surface area contributed by atoms with E-state index in [0.717, 1.165) is 12.2 Å². The zero-order chi connectivity index (χ0) is 14.0. The first-order valence-electron chi connectivity index (χ1n) is 5.56. The lowest BCUT2D eigenvalue weighted by atomic mass is 10.4. The maximum absolute atomic E-state index is 11.2. The number of hydrogen-bond acceptors (Lipinski definition) is 6. The van der Waals surface area contributed by atoms with E-state index >= 15 is 0 Å². The lowest BCUT2D eigenvalue weighted by Crippen LogP contribution is -2.20. The number of ether oxygens (including phenoxy) is 4. The van der Waals surface area contributed by atoms with Gasteiger partial charge in [0.15, 0.2) is 0 Å². The highest BCUT2D eigenvalue weighted by Crippen LogP contribution is 1.96. The second-order valence-electron chi connectivity index (χ2n) is 3.74. The van der Waals surface area contributed by atoms with Crippen LogP contribution in [0.4, 0.5) is 0 Å². The van der Waals surface area contributed by atoms with Gasteiger partial charge in [-0.2, -0.15) is 0 Å². The van der Waals surface area contributed by atoms with Crippen molar-refractivity contribution in [1.82, 2.24) is 0 Å². The van der Waals surface area contributed by atoms with Crippen molar-refractivity contribution in [3.63, 3.8) is 0 Å². The fourth-order valence-electron chi connectivity index (χ4n) is 1.15. The van der Waals surface area contributed by atoms with Gasteiger partial charge in [0.25, 0.3) is 0 Å². The minimum atomic E-state index is -0.615. The molecule has 0 aliphatic heterocycles. The van der Waals surface area contributed by atoms with Gasteiger partial charge in [0.2, 0.25) is 0 Å². The molecule has 2 atom stereocenters. The van der Waals surface area contributed by atoms with Gasteiger partial charge in [-0.3, -0.25) is 0 Å². The fraction of sp³-hybridized carbons (Fsp3) is 0.667. The lowest BCUT2D eigenvalue weighted by Gasteiger charge is -2.11. The van der Waals surface area contributed by atoms with Gasteiger partial charge in [0.05, 0.1) is 13.2 Å². The van der Waals surface area contributed by atoms with Gasteiger partial charge in [-0.1, -0.05) is 0 Å². The van der Waals surface area contributed by atoms with Crippen LogP contribution < -0.4 is 0 Å². The van der Waals surface area contributed by atoms with Crippen LogP contribution in [0.15, 0.2) is 12.2 Å². The summed E-state index contributed by atoms with van der Waals surface area (Å²) in [6.07, 6.45) is 1.31. The van der Waals surface area contributed by atoms with Crippen LogP contribution in [0.3, 0.4) is 0 Å². The van der Waals surface area contributed by atoms with Crippen molar-refractivity contribution in [2.45, 2.75) is 26.1 Å². The highest BCUT2D eigenvalue weighted by atomic mass is 16.6. The molecule has 0 aliphatic rings. The van der Waals surface area contributed by atoms with Gasteiger partial charge in [-0.15, -0.1) is 0 Å². The molecule has 0 aromatic rings. The van der Waals surface area contributed by atoms with Crippen molar-refractivity contribution in [2.75, 3.05) is 27.4 Å². The van der Waals surface area contributed by atoms with Crippen LogP contribution in [0.25, 0.3) is 0 Å². The summed E-state index contributed by atoms with van der Waals surface area (Å²) < 4.78 is 19.4. The Balaban J connectivity index is 3.98. The normalized spacial score (nSPS) is 14.2. The maximum Gasteiger partial charge on any atom is 0.331 e. The van der Waals surface area contributed by atoms with E-state index in [-0.39, 0.29) is 12.2 Å². The smallest absolute Gasteiger partial charge is 0.331 e. The predicted molar refractivity (Wildman–Crippen MR) is 64.0 cm³/mol. The molecule has 0 aromatic carbocycles. The molecule has 0 unspecified atom stereocenters. The van der Waals surface area contributed by atoms with Gasteiger partial charge >= 0.3 is 11.9 Å². The van der Waals surface area contributed by atoms with Crippen LogP contribution in [0, 0.1) is 0 Å². The molecule has 0 amide bonds. The highest BCUT2D eigenvalue weighted by molar-refractivity contribution is 5.91. The van der Waals surface area contributed by atoms with Gasteiger partial charge in [0.1, 0.15) is 12.2 Å². The van der Waals surface area contributed by atoms with E-state index in [0.29, 0.717) is 13.2 Å². The number of rotatable bonds is 8. The molecule has 0 fully saturated rings. The minimum absolute atomic E-state index is 0.300. The van der Waals surface area contributed by atoms with Crippen LogP contribution in [0.1, 0.15) is 13.8 Å². The summed E-state index contributed by atoms with van der Waals surface area (Å²) >= 11 is 0. The fourth-order valence-corrected chi connectivity index (χ4v) is 1.15. The Hall–Kier alpha value is -1.40. The third kappa shape index (κ3) is 8.72. The number of hydrogen-bond donors (Lipinski definition) is 0. The van der Waals surface area contributed by atoms with E-state index in [2.05, 4.69) is 0 Å². The van der Waals surface area contributed by atoms with E-state index < -0.39 is 11.9 Å². The van der Waals surface area contributed by atoms with Crippen molar-refractivity contribution >= 4 is 11.9 Å². The van der Waals surface area contributed by atoms with Crippen LogP contribution >= 0.6 is 0 Å². The van der Waals surface area contributed by atoms with E-state index in [9.17, 15) is 9.59 Å². The second kappa shape index (κ2) is 9.61. The van der Waals surface area contributed by atoms with Crippen molar-refractivity contribution in [2.24, 2.45) is 0 Å². The van der Waals surface area contributed by atoms with Crippen molar-refractivity contribution in [3.8, 4) is 0 Å². The molecule has 0 aliphatic carbocycles. The molecule has 6 heteroatoms. The number of carbonyl (C=O) groups excluding carboxylic acids is 2. The summed E-state index contributed by atoms with van der Waals surface area (Å²) in [5, 5.41) is 0. The molecule has 0 radical (unpaired) electrons. The SMILES string of the molecule is COC[C@@H](C)OC(=O)/C=C\C(=O)O[C@@H](C)COC. The third-order valence-corrected chi connectivity index (χ3v) is 1.79. The zero-order valence-corrected chi connectivity index (χ0v) is 11.2. The average molecular weight is 260 g/mol. The Kier molecular flexibility index (Phi) is 8.86. The monoisotopic (exact) mass is 260 g/mol. The first-order valence-corrected chi connectivity index (χ1v) is 5.56. The molecule has 104 valence electrons. The molecule has 0 saturated carbocycles. The standard InChI is InChI=1S/C12H20O6/c1-9(7-15-3)17-11(13)5-6-12(14)18-10(2)8-16-4/h5-6,9-10H,7-8H2,1-4H3/b6-5-/t9-,10+. The summed E-state index contributed by atoms with van der Waals surface area (Å²) in [5.41, 5.74) is 0. The van der Waals surface area contributed by atoms with Crippen LogP contribution in [-0.4, -0.2) is 51.6 Å².